The summed E-state index contributed by atoms with van der Waals surface area (Å²) in [6.45, 7) is 4.00. The summed E-state index contributed by atoms with van der Waals surface area (Å²) in [4.78, 5) is 2.67. The maximum Gasteiger partial charge on any atom is 0.254 e. The van der Waals surface area contributed by atoms with Gasteiger partial charge in [0.2, 0.25) is 0 Å². The third-order valence-corrected chi connectivity index (χ3v) is 5.91. The molecule has 2 rings (SSSR count). The van der Waals surface area contributed by atoms with Crippen LogP contribution in [0.1, 0.15) is 33.1 Å². The van der Waals surface area contributed by atoms with Crippen LogP contribution in [-0.2, 0) is 10.0 Å². The van der Waals surface area contributed by atoms with Crippen molar-refractivity contribution in [3.8, 4) is 0 Å². The minimum atomic E-state index is -3.71. The fourth-order valence-corrected chi connectivity index (χ4v) is 4.77. The molecule has 4 nitrogen and oxygen atoms in total. The number of halogens is 2. The molecule has 0 spiro atoms. The first-order valence-electron chi connectivity index (χ1n) is 6.57. The standard InChI is InChI=1S/C13H18BrFN2O2S/c1-9-4-3-5-10(2)17(9)16-20(18,19)13-7-6-11(15)8-12(13)14/h6-10,16H,3-5H2,1-2H3. The van der Waals surface area contributed by atoms with Crippen molar-refractivity contribution >= 4 is 26.0 Å². The third kappa shape index (κ3) is 3.39. The maximum atomic E-state index is 13.1. The molecule has 0 aliphatic carbocycles. The van der Waals surface area contributed by atoms with Crippen LogP contribution in [0.15, 0.2) is 27.6 Å². The molecule has 1 heterocycles. The highest BCUT2D eigenvalue weighted by Crippen LogP contribution is 2.25. The zero-order valence-electron chi connectivity index (χ0n) is 11.4. The molecule has 1 fully saturated rings. The molecule has 0 bridgehead atoms. The van der Waals surface area contributed by atoms with Gasteiger partial charge in [-0.25, -0.2) is 17.8 Å². The van der Waals surface area contributed by atoms with Crippen LogP contribution in [0.4, 0.5) is 4.39 Å². The van der Waals surface area contributed by atoms with Crippen molar-refractivity contribution in [1.82, 2.24) is 9.84 Å². The Balaban J connectivity index is 2.26. The van der Waals surface area contributed by atoms with Gasteiger partial charge in [0, 0.05) is 16.6 Å². The Morgan fingerprint density at radius 2 is 1.90 bits per heavy atom. The molecule has 7 heteroatoms. The molecule has 0 aromatic heterocycles. The summed E-state index contributed by atoms with van der Waals surface area (Å²) in [5, 5.41) is 1.77. The first-order chi connectivity index (χ1) is 9.31. The van der Waals surface area contributed by atoms with Crippen LogP contribution in [0.5, 0.6) is 0 Å². The summed E-state index contributed by atoms with van der Waals surface area (Å²) in [5.74, 6) is -0.476. The minimum absolute atomic E-state index is 0.0453. The number of piperidine rings is 1. The largest absolute Gasteiger partial charge is 0.254 e. The van der Waals surface area contributed by atoms with Crippen molar-refractivity contribution in [2.75, 3.05) is 0 Å². The highest BCUT2D eigenvalue weighted by Gasteiger charge is 2.30. The lowest BCUT2D eigenvalue weighted by Crippen LogP contribution is -2.53. The SMILES string of the molecule is CC1CCCC(C)N1NS(=O)(=O)c1ccc(F)cc1Br. The normalized spacial score (nSPS) is 24.8. The Hall–Kier alpha value is -0.500. The van der Waals surface area contributed by atoms with Gasteiger partial charge in [-0.2, -0.15) is 0 Å². The molecule has 1 aliphatic heterocycles. The van der Waals surface area contributed by atoms with Crippen molar-refractivity contribution in [3.63, 3.8) is 0 Å². The number of rotatable bonds is 3. The van der Waals surface area contributed by atoms with Crippen LogP contribution in [0.2, 0.25) is 0 Å². The second kappa shape index (κ2) is 6.09. The fraction of sp³-hybridized carbons (Fsp3) is 0.538. The summed E-state index contributed by atoms with van der Waals surface area (Å²) < 4.78 is 38.1. The number of benzene rings is 1. The molecule has 0 saturated carbocycles. The Morgan fingerprint density at radius 1 is 1.30 bits per heavy atom. The summed E-state index contributed by atoms with van der Waals surface area (Å²) in [7, 11) is -3.71. The number of sulfonamides is 1. The molecule has 20 heavy (non-hydrogen) atoms. The fourth-order valence-electron chi connectivity index (χ4n) is 2.48. The molecule has 0 radical (unpaired) electrons. The van der Waals surface area contributed by atoms with Gasteiger partial charge in [0.05, 0.1) is 4.90 Å². The van der Waals surface area contributed by atoms with Crippen LogP contribution in [0.3, 0.4) is 0 Å². The lowest BCUT2D eigenvalue weighted by Gasteiger charge is -2.38. The molecule has 0 amide bonds. The van der Waals surface area contributed by atoms with Crippen molar-refractivity contribution < 1.29 is 12.8 Å². The molecule has 2 unspecified atom stereocenters. The topological polar surface area (TPSA) is 49.4 Å². The first kappa shape index (κ1) is 15.9. The second-order valence-corrected chi connectivity index (χ2v) is 7.69. The van der Waals surface area contributed by atoms with E-state index >= 15 is 0 Å². The van der Waals surface area contributed by atoms with Crippen LogP contribution in [0.25, 0.3) is 0 Å². The van der Waals surface area contributed by atoms with Crippen molar-refractivity contribution in [1.29, 1.82) is 0 Å². The number of nitrogens with one attached hydrogen (secondary N) is 1. The first-order valence-corrected chi connectivity index (χ1v) is 8.84. The van der Waals surface area contributed by atoms with Gasteiger partial charge >= 0.3 is 0 Å². The number of hydrogen-bond donors (Lipinski definition) is 1. The van der Waals surface area contributed by atoms with Gasteiger partial charge in [-0.05, 0) is 60.8 Å². The van der Waals surface area contributed by atoms with Gasteiger partial charge in [0.15, 0.2) is 0 Å². The van der Waals surface area contributed by atoms with Crippen molar-refractivity contribution in [3.05, 3.63) is 28.5 Å². The molecule has 1 aromatic carbocycles. The van der Waals surface area contributed by atoms with Gasteiger partial charge < -0.3 is 0 Å². The highest BCUT2D eigenvalue weighted by molar-refractivity contribution is 9.10. The van der Waals surface area contributed by atoms with Gasteiger partial charge in [-0.3, -0.25) is 0 Å². The minimum Gasteiger partial charge on any atom is -0.225 e. The predicted molar refractivity (Wildman–Crippen MR) is 79.0 cm³/mol. The van der Waals surface area contributed by atoms with E-state index in [2.05, 4.69) is 20.8 Å². The van der Waals surface area contributed by atoms with E-state index in [1.54, 1.807) is 5.01 Å². The van der Waals surface area contributed by atoms with Crippen LogP contribution in [0, 0.1) is 5.82 Å². The second-order valence-electron chi connectivity index (χ2n) is 5.21. The average Bonchev–Trinajstić information content (AvgIpc) is 2.33. The van der Waals surface area contributed by atoms with E-state index in [0.29, 0.717) is 0 Å². The van der Waals surface area contributed by atoms with E-state index < -0.39 is 15.8 Å². The summed E-state index contributed by atoms with van der Waals surface area (Å²) in [6, 6.07) is 3.85. The molecule has 1 aliphatic rings. The predicted octanol–water partition coefficient (Wildman–Crippen LogP) is 3.04. The molecular formula is C13H18BrFN2O2S. The van der Waals surface area contributed by atoms with Gasteiger partial charge in [0.25, 0.3) is 10.0 Å². The van der Waals surface area contributed by atoms with Crippen molar-refractivity contribution in [2.45, 2.75) is 50.1 Å². The van der Waals surface area contributed by atoms with Gasteiger partial charge in [-0.1, -0.05) is 6.42 Å². The van der Waals surface area contributed by atoms with E-state index in [-0.39, 0.29) is 21.5 Å². The number of hydrogen-bond acceptors (Lipinski definition) is 3. The van der Waals surface area contributed by atoms with E-state index in [4.69, 9.17) is 0 Å². The monoisotopic (exact) mass is 364 g/mol. The lowest BCUT2D eigenvalue weighted by molar-refractivity contribution is 0.0790. The Labute approximate surface area is 127 Å². The molecule has 1 aromatic rings. The van der Waals surface area contributed by atoms with Gasteiger partial charge in [-0.15, -0.1) is 4.83 Å². The Morgan fingerprint density at radius 3 is 2.45 bits per heavy atom. The maximum absolute atomic E-state index is 13.1. The quantitative estimate of drug-likeness (QED) is 0.896. The number of nitrogens with zero attached hydrogens (tertiary/aromatic N) is 1. The molecule has 1 N–H and O–H groups in total. The lowest BCUT2D eigenvalue weighted by atomic mass is 10.0. The molecule has 1 saturated heterocycles. The Bertz CT molecular complexity index is 584. The summed E-state index contributed by atoms with van der Waals surface area (Å²) in [5.41, 5.74) is 0. The number of hydrazine groups is 1. The van der Waals surface area contributed by atoms with Crippen LogP contribution >= 0.6 is 15.9 Å². The van der Waals surface area contributed by atoms with E-state index in [9.17, 15) is 12.8 Å². The third-order valence-electron chi connectivity index (χ3n) is 3.60. The van der Waals surface area contributed by atoms with Crippen LogP contribution in [-0.4, -0.2) is 25.5 Å². The van der Waals surface area contributed by atoms with Gasteiger partial charge in [0.1, 0.15) is 5.82 Å². The van der Waals surface area contributed by atoms with E-state index in [1.807, 2.05) is 13.8 Å². The molecule has 112 valence electrons. The summed E-state index contributed by atoms with van der Waals surface area (Å²) in [6.07, 6.45) is 3.01. The zero-order chi connectivity index (χ0) is 14.9. The molecule has 2 atom stereocenters. The van der Waals surface area contributed by atoms with E-state index in [0.717, 1.165) is 31.4 Å². The van der Waals surface area contributed by atoms with E-state index in [1.165, 1.54) is 6.07 Å². The van der Waals surface area contributed by atoms with Crippen molar-refractivity contribution in [2.24, 2.45) is 0 Å². The molecular weight excluding hydrogens is 347 g/mol. The smallest absolute Gasteiger partial charge is 0.225 e. The zero-order valence-corrected chi connectivity index (χ0v) is 13.8. The highest BCUT2D eigenvalue weighted by atomic mass is 79.9. The Kier molecular flexibility index (Phi) is 4.84. The summed E-state index contributed by atoms with van der Waals surface area (Å²) >= 11 is 3.10. The van der Waals surface area contributed by atoms with Crippen LogP contribution < -0.4 is 4.83 Å². The average molecular weight is 365 g/mol.